The maximum absolute atomic E-state index is 12.6. The summed E-state index contributed by atoms with van der Waals surface area (Å²) < 4.78 is 1.51. The summed E-state index contributed by atoms with van der Waals surface area (Å²) in [6.45, 7) is 3.65. The smallest absolute Gasteiger partial charge is 0.255 e. The van der Waals surface area contributed by atoms with Crippen molar-refractivity contribution in [3.8, 4) is 6.07 Å². The van der Waals surface area contributed by atoms with Crippen LogP contribution in [-0.4, -0.2) is 10.4 Å². The Kier molecular flexibility index (Phi) is 3.07. The number of pyridine rings is 1. The first-order valence-electron chi connectivity index (χ1n) is 6.94. The van der Waals surface area contributed by atoms with E-state index in [2.05, 4.69) is 6.07 Å². The van der Waals surface area contributed by atoms with E-state index >= 15 is 0 Å². The number of carbonyl (C=O) groups excluding carboxylic acids is 1. The predicted octanol–water partition coefficient (Wildman–Crippen LogP) is 2.83. The van der Waals surface area contributed by atoms with Gasteiger partial charge < -0.3 is 0 Å². The molecule has 0 aliphatic heterocycles. The summed E-state index contributed by atoms with van der Waals surface area (Å²) in [7, 11) is 0. The Bertz CT molecular complexity index is 911. The Morgan fingerprint density at radius 2 is 1.86 bits per heavy atom. The van der Waals surface area contributed by atoms with Crippen LogP contribution in [-0.2, 0) is 0 Å². The Morgan fingerprint density at radius 3 is 2.55 bits per heavy atom. The summed E-state index contributed by atoms with van der Waals surface area (Å²) in [6, 6.07) is 11.9. The lowest BCUT2D eigenvalue weighted by molar-refractivity contribution is 0.0882. The number of ketones is 1. The highest BCUT2D eigenvalue weighted by molar-refractivity contribution is 6.08. The average molecular weight is 290 g/mol. The fourth-order valence-electron chi connectivity index (χ4n) is 2.68. The van der Waals surface area contributed by atoms with Gasteiger partial charge >= 0.3 is 0 Å². The number of fused-ring (bicyclic) bond motifs is 1. The second kappa shape index (κ2) is 4.81. The molecular formula is C18H14N2O2. The molecule has 108 valence electrons. The van der Waals surface area contributed by atoms with Gasteiger partial charge in [0.15, 0.2) is 5.78 Å². The molecule has 1 aliphatic rings. The van der Waals surface area contributed by atoms with Gasteiger partial charge in [0, 0.05) is 28.8 Å². The summed E-state index contributed by atoms with van der Waals surface area (Å²) in [5.41, 5.74) is 1.38. The minimum absolute atomic E-state index is 0.0141. The molecule has 0 saturated heterocycles. The van der Waals surface area contributed by atoms with Crippen molar-refractivity contribution in [2.24, 2.45) is 5.41 Å². The number of carbonyl (C=O) groups is 1. The molecule has 2 aromatic rings. The highest BCUT2D eigenvalue weighted by atomic mass is 16.1. The van der Waals surface area contributed by atoms with Crippen LogP contribution in [0.1, 0.15) is 35.3 Å². The highest BCUT2D eigenvalue weighted by Crippen LogP contribution is 2.37. The van der Waals surface area contributed by atoms with Crippen LogP contribution < -0.4 is 5.56 Å². The minimum atomic E-state index is -0.703. The summed E-state index contributed by atoms with van der Waals surface area (Å²) in [5.74, 6) is -0.0141. The average Bonchev–Trinajstić information content (AvgIpc) is 2.51. The van der Waals surface area contributed by atoms with Crippen LogP contribution in [0.5, 0.6) is 0 Å². The van der Waals surface area contributed by atoms with Crippen molar-refractivity contribution < 1.29 is 4.79 Å². The van der Waals surface area contributed by atoms with Crippen LogP contribution in [0.4, 0.5) is 0 Å². The van der Waals surface area contributed by atoms with E-state index in [1.54, 1.807) is 42.6 Å². The number of hydrogen-bond acceptors (Lipinski definition) is 3. The zero-order chi connectivity index (χ0) is 15.9. The van der Waals surface area contributed by atoms with E-state index in [0.717, 1.165) is 0 Å². The summed E-state index contributed by atoms with van der Waals surface area (Å²) in [6.07, 6.45) is 3.46. The normalized spacial score (nSPS) is 15.7. The monoisotopic (exact) mass is 290 g/mol. The van der Waals surface area contributed by atoms with E-state index in [1.807, 2.05) is 13.8 Å². The topological polar surface area (TPSA) is 62.9 Å². The van der Waals surface area contributed by atoms with Gasteiger partial charge in [-0.3, -0.25) is 14.2 Å². The van der Waals surface area contributed by atoms with Crippen molar-refractivity contribution in [2.45, 2.75) is 13.8 Å². The van der Waals surface area contributed by atoms with E-state index in [1.165, 1.54) is 10.6 Å². The van der Waals surface area contributed by atoms with E-state index in [9.17, 15) is 9.59 Å². The lowest BCUT2D eigenvalue weighted by Crippen LogP contribution is -2.30. The molecular weight excluding hydrogens is 276 g/mol. The van der Waals surface area contributed by atoms with Gasteiger partial charge in [-0.05, 0) is 44.2 Å². The molecule has 0 bridgehead atoms. The Labute approximate surface area is 127 Å². The fraction of sp³-hybridized carbons (Fsp3) is 0.167. The van der Waals surface area contributed by atoms with Crippen LogP contribution in [0.3, 0.4) is 0 Å². The number of Topliss-reactive ketones (excluding diaryl/α,β-unsaturated/α-hetero) is 1. The summed E-state index contributed by atoms with van der Waals surface area (Å²) in [5, 5.41) is 9.10. The maximum atomic E-state index is 12.6. The van der Waals surface area contributed by atoms with Crippen molar-refractivity contribution in [1.29, 1.82) is 5.26 Å². The molecule has 4 heteroatoms. The SMILES string of the molecule is CC1(C)C=C(n2ccccc2=O)c2cc(C#N)ccc2C1=O. The zero-order valence-electron chi connectivity index (χ0n) is 12.3. The second-order valence-corrected chi connectivity index (χ2v) is 5.86. The quantitative estimate of drug-likeness (QED) is 0.811. The van der Waals surface area contributed by atoms with Gasteiger partial charge in [-0.25, -0.2) is 0 Å². The van der Waals surface area contributed by atoms with Crippen molar-refractivity contribution in [1.82, 2.24) is 4.57 Å². The minimum Gasteiger partial charge on any atom is -0.293 e. The molecule has 1 aromatic heterocycles. The molecule has 1 aliphatic carbocycles. The molecule has 1 aromatic carbocycles. The molecule has 0 unspecified atom stereocenters. The third-order valence-electron chi connectivity index (χ3n) is 3.83. The number of nitrogens with zero attached hydrogens (tertiary/aromatic N) is 2. The number of hydrogen-bond donors (Lipinski definition) is 0. The molecule has 0 N–H and O–H groups in total. The third-order valence-corrected chi connectivity index (χ3v) is 3.83. The first-order chi connectivity index (χ1) is 10.4. The molecule has 4 nitrogen and oxygen atoms in total. The second-order valence-electron chi connectivity index (χ2n) is 5.86. The Balaban J connectivity index is 2.35. The van der Waals surface area contributed by atoms with Crippen LogP contribution in [0, 0.1) is 16.7 Å². The van der Waals surface area contributed by atoms with Crippen molar-refractivity contribution in [3.05, 3.63) is 75.7 Å². The van der Waals surface area contributed by atoms with Crippen LogP contribution >= 0.6 is 0 Å². The van der Waals surface area contributed by atoms with E-state index in [4.69, 9.17) is 5.26 Å². The van der Waals surface area contributed by atoms with E-state index in [-0.39, 0.29) is 11.3 Å². The van der Waals surface area contributed by atoms with Gasteiger partial charge in [0.1, 0.15) is 0 Å². The number of rotatable bonds is 1. The predicted molar refractivity (Wildman–Crippen MR) is 83.3 cm³/mol. The van der Waals surface area contributed by atoms with Gasteiger partial charge in [-0.15, -0.1) is 0 Å². The van der Waals surface area contributed by atoms with Gasteiger partial charge in [-0.2, -0.15) is 5.26 Å². The van der Waals surface area contributed by atoms with Crippen molar-refractivity contribution in [2.75, 3.05) is 0 Å². The molecule has 0 amide bonds. The van der Waals surface area contributed by atoms with E-state index < -0.39 is 5.41 Å². The molecule has 1 heterocycles. The van der Waals surface area contributed by atoms with Crippen molar-refractivity contribution in [3.63, 3.8) is 0 Å². The van der Waals surface area contributed by atoms with Crippen LogP contribution in [0.25, 0.3) is 5.70 Å². The molecule has 0 saturated carbocycles. The summed E-state index contributed by atoms with van der Waals surface area (Å²) >= 11 is 0. The molecule has 3 rings (SSSR count). The summed E-state index contributed by atoms with van der Waals surface area (Å²) in [4.78, 5) is 24.7. The lowest BCUT2D eigenvalue weighted by Gasteiger charge is -2.29. The van der Waals surface area contributed by atoms with Gasteiger partial charge in [0.2, 0.25) is 0 Å². The molecule has 22 heavy (non-hydrogen) atoms. The fourth-order valence-corrected chi connectivity index (χ4v) is 2.68. The number of nitriles is 1. The third kappa shape index (κ3) is 2.08. The van der Waals surface area contributed by atoms with Crippen molar-refractivity contribution >= 4 is 11.5 Å². The maximum Gasteiger partial charge on any atom is 0.255 e. The molecule has 0 spiro atoms. The lowest BCUT2D eigenvalue weighted by atomic mass is 9.76. The number of benzene rings is 1. The standard InChI is InChI=1S/C18H14N2O2/c1-18(2)10-15(20-8-4-3-5-16(20)21)14-9-12(11-19)6-7-13(14)17(18)22/h3-10H,1-2H3. The van der Waals surface area contributed by atoms with Gasteiger partial charge in [-0.1, -0.05) is 6.07 Å². The first kappa shape index (κ1) is 14.0. The Hall–Kier alpha value is -2.93. The van der Waals surface area contributed by atoms with E-state index in [0.29, 0.717) is 22.4 Å². The van der Waals surface area contributed by atoms with Crippen LogP contribution in [0.2, 0.25) is 0 Å². The first-order valence-corrected chi connectivity index (χ1v) is 6.94. The zero-order valence-corrected chi connectivity index (χ0v) is 12.3. The molecule has 0 atom stereocenters. The van der Waals surface area contributed by atoms with Gasteiger partial charge in [0.05, 0.1) is 17.3 Å². The number of allylic oxidation sites excluding steroid dienone is 1. The largest absolute Gasteiger partial charge is 0.293 e. The Morgan fingerprint density at radius 1 is 1.09 bits per heavy atom. The highest BCUT2D eigenvalue weighted by Gasteiger charge is 2.34. The number of aromatic nitrogens is 1. The van der Waals surface area contributed by atoms with Crippen LogP contribution in [0.15, 0.2) is 53.5 Å². The molecule has 0 fully saturated rings. The molecule has 0 radical (unpaired) electrons. The van der Waals surface area contributed by atoms with Gasteiger partial charge in [0.25, 0.3) is 5.56 Å².